The molecule has 0 aromatic heterocycles. The molecule has 0 aliphatic carbocycles. The molecule has 2 aliphatic rings. The molecule has 2 saturated heterocycles. The van der Waals surface area contributed by atoms with Gasteiger partial charge < -0.3 is 19.9 Å². The average Bonchev–Trinajstić information content (AvgIpc) is 2.31. The Labute approximate surface area is 65.6 Å². The highest BCUT2D eigenvalue weighted by Gasteiger charge is 2.48. The molecule has 2 rings (SSSR count). The molecule has 64 valence electrons. The van der Waals surface area contributed by atoms with E-state index in [0.29, 0.717) is 6.61 Å². The Morgan fingerprint density at radius 2 is 2.09 bits per heavy atom. The van der Waals surface area contributed by atoms with Gasteiger partial charge in [0.15, 0.2) is 12.1 Å². The van der Waals surface area contributed by atoms with Crippen molar-refractivity contribution in [1.29, 1.82) is 0 Å². The third-order valence-corrected chi connectivity index (χ3v) is 1.96. The van der Waals surface area contributed by atoms with Gasteiger partial charge in [-0.25, -0.2) is 0 Å². The molecule has 0 bridgehead atoms. The lowest BCUT2D eigenvalue weighted by Crippen LogP contribution is -2.36. The quantitative estimate of drug-likeness (QED) is 0.532. The number of hydrogen-bond acceptors (Lipinski definition) is 4. The van der Waals surface area contributed by atoms with Gasteiger partial charge in [-0.05, 0) is 13.8 Å². The summed E-state index contributed by atoms with van der Waals surface area (Å²) in [6.07, 6.45) is -0.329. The number of nitrogens with two attached hydrogens (primary N) is 1. The van der Waals surface area contributed by atoms with Crippen LogP contribution < -0.4 is 5.73 Å². The molecule has 4 heteroatoms. The van der Waals surface area contributed by atoms with Gasteiger partial charge in [0.1, 0.15) is 6.10 Å². The summed E-state index contributed by atoms with van der Waals surface area (Å²) in [7, 11) is 0. The van der Waals surface area contributed by atoms with Gasteiger partial charge in [-0.1, -0.05) is 0 Å². The van der Waals surface area contributed by atoms with E-state index in [0.717, 1.165) is 0 Å². The predicted molar refractivity (Wildman–Crippen MR) is 37.8 cm³/mol. The maximum atomic E-state index is 5.71. The van der Waals surface area contributed by atoms with Gasteiger partial charge in [-0.2, -0.15) is 0 Å². The lowest BCUT2D eigenvalue weighted by molar-refractivity contribution is -0.193. The van der Waals surface area contributed by atoms with E-state index in [9.17, 15) is 0 Å². The molecule has 0 aromatic carbocycles. The molecule has 4 nitrogen and oxygen atoms in total. The maximum absolute atomic E-state index is 5.71. The molecule has 3 unspecified atom stereocenters. The van der Waals surface area contributed by atoms with Crippen LogP contribution >= 0.6 is 0 Å². The van der Waals surface area contributed by atoms with Crippen LogP contribution in [0.5, 0.6) is 0 Å². The molecule has 2 aliphatic heterocycles. The topological polar surface area (TPSA) is 53.7 Å². The molecule has 2 heterocycles. The standard InChI is InChI=1S/C7H13NO3/c1-7(2)10-5-4(8)3-9-6(5)11-7/h4-6H,3,8H2,1-2H3. The lowest BCUT2D eigenvalue weighted by atomic mass is 10.2. The molecule has 0 spiro atoms. The van der Waals surface area contributed by atoms with Crippen LogP contribution in [0.1, 0.15) is 13.8 Å². The number of hydrogen-bond donors (Lipinski definition) is 1. The van der Waals surface area contributed by atoms with Crippen LogP contribution in [0.3, 0.4) is 0 Å². The van der Waals surface area contributed by atoms with E-state index in [1.807, 2.05) is 13.8 Å². The average molecular weight is 159 g/mol. The second-order valence-corrected chi connectivity index (χ2v) is 3.47. The molecule has 0 amide bonds. The summed E-state index contributed by atoms with van der Waals surface area (Å²) in [4.78, 5) is 0. The van der Waals surface area contributed by atoms with Crippen LogP contribution in [-0.2, 0) is 14.2 Å². The number of ether oxygens (including phenoxy) is 3. The van der Waals surface area contributed by atoms with E-state index >= 15 is 0 Å². The monoisotopic (exact) mass is 159 g/mol. The van der Waals surface area contributed by atoms with Crippen molar-refractivity contribution in [2.45, 2.75) is 38.1 Å². The third-order valence-electron chi connectivity index (χ3n) is 1.96. The lowest BCUT2D eigenvalue weighted by Gasteiger charge is -2.18. The zero-order valence-electron chi connectivity index (χ0n) is 6.74. The molecular formula is C7H13NO3. The predicted octanol–water partition coefficient (Wildman–Crippen LogP) is -0.179. The minimum Gasteiger partial charge on any atom is -0.348 e. The van der Waals surface area contributed by atoms with Gasteiger partial charge in [0.05, 0.1) is 12.6 Å². The summed E-state index contributed by atoms with van der Waals surface area (Å²) in [6.45, 7) is 4.26. The summed E-state index contributed by atoms with van der Waals surface area (Å²) in [5, 5.41) is 0. The Hall–Kier alpha value is -0.160. The second kappa shape index (κ2) is 2.17. The first-order valence-corrected chi connectivity index (χ1v) is 3.81. The number of rotatable bonds is 0. The van der Waals surface area contributed by atoms with E-state index in [2.05, 4.69) is 0 Å². The molecule has 3 atom stereocenters. The fourth-order valence-corrected chi connectivity index (χ4v) is 1.48. The Bertz CT molecular complexity index is 171. The third kappa shape index (κ3) is 1.16. The maximum Gasteiger partial charge on any atom is 0.188 e. The van der Waals surface area contributed by atoms with Gasteiger partial charge in [0.2, 0.25) is 0 Å². The molecule has 0 aromatic rings. The summed E-state index contributed by atoms with van der Waals surface area (Å²) in [5.74, 6) is -0.534. The molecule has 0 radical (unpaired) electrons. The van der Waals surface area contributed by atoms with Crippen molar-refractivity contribution in [3.8, 4) is 0 Å². The Kier molecular flexibility index (Phi) is 1.47. The Balaban J connectivity index is 2.10. The van der Waals surface area contributed by atoms with E-state index in [-0.39, 0.29) is 18.4 Å². The van der Waals surface area contributed by atoms with Crippen molar-refractivity contribution >= 4 is 0 Å². The largest absolute Gasteiger partial charge is 0.348 e. The minimum atomic E-state index is -0.534. The van der Waals surface area contributed by atoms with Crippen LogP contribution in [0.15, 0.2) is 0 Å². The zero-order valence-corrected chi connectivity index (χ0v) is 6.74. The normalized spacial score (nSPS) is 47.7. The van der Waals surface area contributed by atoms with Crippen molar-refractivity contribution in [3.05, 3.63) is 0 Å². The van der Waals surface area contributed by atoms with E-state index < -0.39 is 5.79 Å². The van der Waals surface area contributed by atoms with Gasteiger partial charge >= 0.3 is 0 Å². The smallest absolute Gasteiger partial charge is 0.188 e. The SMILES string of the molecule is CC1(C)OC2OCC(N)C2O1. The summed E-state index contributed by atoms with van der Waals surface area (Å²) in [5.41, 5.74) is 5.71. The fourth-order valence-electron chi connectivity index (χ4n) is 1.48. The van der Waals surface area contributed by atoms with Gasteiger partial charge in [0.25, 0.3) is 0 Å². The summed E-state index contributed by atoms with van der Waals surface area (Å²) in [6, 6.07) is -0.0400. The molecule has 2 N–H and O–H groups in total. The highest BCUT2D eigenvalue weighted by atomic mass is 16.8. The first-order chi connectivity index (χ1) is 5.08. The molecular weight excluding hydrogens is 146 g/mol. The van der Waals surface area contributed by atoms with E-state index in [1.165, 1.54) is 0 Å². The summed E-state index contributed by atoms with van der Waals surface area (Å²) >= 11 is 0. The van der Waals surface area contributed by atoms with Crippen LogP contribution in [0.25, 0.3) is 0 Å². The first kappa shape index (κ1) is 7.49. The van der Waals surface area contributed by atoms with Crippen LogP contribution in [0, 0.1) is 0 Å². The van der Waals surface area contributed by atoms with Crippen LogP contribution in [-0.4, -0.2) is 30.8 Å². The van der Waals surface area contributed by atoms with Gasteiger partial charge in [0, 0.05) is 0 Å². The van der Waals surface area contributed by atoms with Crippen LogP contribution in [0.4, 0.5) is 0 Å². The highest BCUT2D eigenvalue weighted by Crippen LogP contribution is 2.33. The number of fused-ring (bicyclic) bond motifs is 1. The first-order valence-electron chi connectivity index (χ1n) is 3.81. The van der Waals surface area contributed by atoms with Crippen molar-refractivity contribution in [1.82, 2.24) is 0 Å². The Morgan fingerprint density at radius 3 is 2.73 bits per heavy atom. The van der Waals surface area contributed by atoms with Crippen molar-refractivity contribution in [2.24, 2.45) is 5.73 Å². The van der Waals surface area contributed by atoms with Crippen LogP contribution in [0.2, 0.25) is 0 Å². The molecule has 11 heavy (non-hydrogen) atoms. The van der Waals surface area contributed by atoms with Crippen molar-refractivity contribution in [3.63, 3.8) is 0 Å². The molecule has 2 fully saturated rings. The van der Waals surface area contributed by atoms with E-state index in [4.69, 9.17) is 19.9 Å². The minimum absolute atomic E-state index is 0.0400. The zero-order chi connectivity index (χ0) is 8.06. The van der Waals surface area contributed by atoms with Crippen molar-refractivity contribution < 1.29 is 14.2 Å². The highest BCUT2D eigenvalue weighted by molar-refractivity contribution is 4.88. The van der Waals surface area contributed by atoms with E-state index in [1.54, 1.807) is 0 Å². The van der Waals surface area contributed by atoms with Crippen molar-refractivity contribution in [2.75, 3.05) is 6.61 Å². The fraction of sp³-hybridized carbons (Fsp3) is 1.00. The van der Waals surface area contributed by atoms with Gasteiger partial charge in [-0.3, -0.25) is 0 Å². The summed E-state index contributed by atoms with van der Waals surface area (Å²) < 4.78 is 16.2. The second-order valence-electron chi connectivity index (χ2n) is 3.47. The molecule has 0 saturated carbocycles. The Morgan fingerprint density at radius 1 is 1.36 bits per heavy atom. The van der Waals surface area contributed by atoms with Gasteiger partial charge in [-0.15, -0.1) is 0 Å².